The summed E-state index contributed by atoms with van der Waals surface area (Å²) in [6.07, 6.45) is 1.41. The number of amidine groups is 1. The summed E-state index contributed by atoms with van der Waals surface area (Å²) in [5, 5.41) is 13.3. The Balaban J connectivity index is 1.16. The van der Waals surface area contributed by atoms with Crippen LogP contribution in [0.1, 0.15) is 35.9 Å². The lowest BCUT2D eigenvalue weighted by molar-refractivity contribution is 0.412. The van der Waals surface area contributed by atoms with Gasteiger partial charge in [-0.1, -0.05) is 103 Å². The molecule has 1 aliphatic heterocycles. The van der Waals surface area contributed by atoms with Crippen LogP contribution in [0.4, 0.5) is 5.88 Å². The molecule has 2 atom stereocenters. The van der Waals surface area contributed by atoms with Crippen molar-refractivity contribution in [3.8, 4) is 22.3 Å². The topological polar surface area (TPSA) is 88.7 Å². The zero-order valence-corrected chi connectivity index (χ0v) is 26.1. The second kappa shape index (κ2) is 10.2. The molecular weight excluding hydrogens is 592 g/mol. The predicted molar refractivity (Wildman–Crippen MR) is 196 cm³/mol. The number of benzene rings is 6. The number of para-hydroxylation sites is 2. The van der Waals surface area contributed by atoms with Gasteiger partial charge in [0.25, 0.3) is 0 Å². The van der Waals surface area contributed by atoms with Crippen LogP contribution in [0.15, 0.2) is 141 Å². The molecule has 2 aromatic heterocycles. The summed E-state index contributed by atoms with van der Waals surface area (Å²) >= 11 is 0. The highest BCUT2D eigenvalue weighted by Crippen LogP contribution is 2.48. The van der Waals surface area contributed by atoms with E-state index in [1.165, 1.54) is 33.0 Å². The van der Waals surface area contributed by atoms with E-state index in [1.54, 1.807) is 0 Å². The number of aliphatic imine (C=N–C) groups is 1. The smallest absolute Gasteiger partial charge is 0.199 e. The average Bonchev–Trinajstić information content (AvgIpc) is 3.78. The van der Waals surface area contributed by atoms with Crippen LogP contribution < -0.4 is 16.4 Å². The van der Waals surface area contributed by atoms with Crippen LogP contribution in [-0.4, -0.2) is 5.84 Å². The zero-order valence-electron chi connectivity index (χ0n) is 26.1. The zero-order chi connectivity index (χ0) is 31.9. The van der Waals surface area contributed by atoms with Crippen molar-refractivity contribution >= 4 is 61.0 Å². The average molecular weight is 623 g/mol. The van der Waals surface area contributed by atoms with Gasteiger partial charge in [0.15, 0.2) is 5.88 Å². The number of nitrogen functional groups attached to an aromatic ring is 1. The van der Waals surface area contributed by atoms with Gasteiger partial charge in [-0.2, -0.15) is 0 Å². The molecule has 0 saturated carbocycles. The first kappa shape index (κ1) is 27.0. The van der Waals surface area contributed by atoms with Gasteiger partial charge in [0.05, 0.1) is 5.56 Å². The third-order valence-electron chi connectivity index (χ3n) is 9.89. The van der Waals surface area contributed by atoms with Crippen LogP contribution in [-0.2, 0) is 0 Å². The molecule has 8 aromatic rings. The SMILES string of the molecule is C/C=C(/C1=NC(c2ccc3c(c2)-c2cccc4cccc-3c24)NC(c2cccc3oc4ccccc4c23)N1)c1c(N)oc2ccccc12. The van der Waals surface area contributed by atoms with Crippen molar-refractivity contribution in [3.05, 3.63) is 144 Å². The van der Waals surface area contributed by atoms with Crippen molar-refractivity contribution in [2.24, 2.45) is 4.99 Å². The third-order valence-corrected chi connectivity index (χ3v) is 9.89. The number of allylic oxidation sites excluding steroid dienone is 1. The fraction of sp³-hybridized carbons (Fsp3) is 0.0714. The Kier molecular flexibility index (Phi) is 5.74. The molecule has 0 spiro atoms. The minimum Gasteiger partial charge on any atom is -0.456 e. The summed E-state index contributed by atoms with van der Waals surface area (Å²) in [5.74, 6) is 1.10. The molecule has 0 fully saturated rings. The normalized spacial score (nSPS) is 17.3. The summed E-state index contributed by atoms with van der Waals surface area (Å²) < 4.78 is 12.3. The summed E-state index contributed by atoms with van der Waals surface area (Å²) in [6, 6.07) is 42.3. The molecular formula is C42H30N4O2. The molecule has 4 N–H and O–H groups in total. The first-order chi connectivity index (χ1) is 23.7. The molecule has 0 amide bonds. The van der Waals surface area contributed by atoms with E-state index in [1.807, 2.05) is 49.4 Å². The number of furan rings is 2. The molecule has 0 bridgehead atoms. The Morgan fingerprint density at radius 1 is 0.688 bits per heavy atom. The molecule has 1 aliphatic carbocycles. The Labute approximate surface area is 276 Å². The van der Waals surface area contributed by atoms with Crippen molar-refractivity contribution < 1.29 is 8.83 Å². The molecule has 6 aromatic carbocycles. The highest BCUT2D eigenvalue weighted by molar-refractivity contribution is 6.27. The van der Waals surface area contributed by atoms with E-state index in [2.05, 4.69) is 95.6 Å². The highest BCUT2D eigenvalue weighted by atomic mass is 16.3. The Morgan fingerprint density at radius 2 is 1.40 bits per heavy atom. The van der Waals surface area contributed by atoms with Gasteiger partial charge >= 0.3 is 0 Å². The number of hydrogen-bond acceptors (Lipinski definition) is 6. The van der Waals surface area contributed by atoms with Crippen LogP contribution in [0.25, 0.3) is 71.5 Å². The van der Waals surface area contributed by atoms with E-state index in [-0.39, 0.29) is 12.3 Å². The number of nitrogens with one attached hydrogen (secondary N) is 2. The maximum atomic E-state index is 6.57. The van der Waals surface area contributed by atoms with Gasteiger partial charge in [-0.25, -0.2) is 4.99 Å². The Bertz CT molecular complexity index is 2670. The van der Waals surface area contributed by atoms with Crippen LogP contribution in [0, 0.1) is 0 Å². The number of nitrogens with zero attached hydrogens (tertiary/aromatic N) is 1. The monoisotopic (exact) mass is 622 g/mol. The molecule has 6 nitrogen and oxygen atoms in total. The number of fused-ring (bicyclic) bond motifs is 7. The predicted octanol–water partition coefficient (Wildman–Crippen LogP) is 10.1. The first-order valence-electron chi connectivity index (χ1n) is 16.3. The summed E-state index contributed by atoms with van der Waals surface area (Å²) in [5.41, 5.74) is 17.9. The lowest BCUT2D eigenvalue weighted by Crippen LogP contribution is -2.45. The molecule has 0 radical (unpaired) electrons. The van der Waals surface area contributed by atoms with Gasteiger partial charge in [-0.15, -0.1) is 0 Å². The number of rotatable bonds is 4. The van der Waals surface area contributed by atoms with Crippen LogP contribution in [0.3, 0.4) is 0 Å². The molecule has 3 heterocycles. The van der Waals surface area contributed by atoms with E-state index in [9.17, 15) is 0 Å². The maximum absolute atomic E-state index is 6.57. The van der Waals surface area contributed by atoms with Crippen LogP contribution >= 0.6 is 0 Å². The second-order valence-corrected chi connectivity index (χ2v) is 12.5. The fourth-order valence-electron chi connectivity index (χ4n) is 7.79. The molecule has 2 aliphatic rings. The van der Waals surface area contributed by atoms with E-state index in [0.29, 0.717) is 5.88 Å². The number of nitrogens with two attached hydrogens (primary N) is 1. The number of hydrogen-bond donors (Lipinski definition) is 3. The van der Waals surface area contributed by atoms with Crippen molar-refractivity contribution in [2.75, 3.05) is 5.73 Å². The van der Waals surface area contributed by atoms with Gasteiger partial charge in [0.1, 0.15) is 34.9 Å². The first-order valence-corrected chi connectivity index (χ1v) is 16.3. The van der Waals surface area contributed by atoms with E-state index in [4.69, 9.17) is 19.6 Å². The minimum absolute atomic E-state index is 0.296. The molecule has 48 heavy (non-hydrogen) atoms. The van der Waals surface area contributed by atoms with Crippen molar-refractivity contribution in [1.29, 1.82) is 0 Å². The van der Waals surface area contributed by atoms with E-state index < -0.39 is 0 Å². The largest absolute Gasteiger partial charge is 0.456 e. The van der Waals surface area contributed by atoms with Gasteiger partial charge < -0.3 is 19.9 Å². The van der Waals surface area contributed by atoms with Crippen molar-refractivity contribution in [3.63, 3.8) is 0 Å². The van der Waals surface area contributed by atoms with Gasteiger partial charge in [0, 0.05) is 27.3 Å². The molecule has 230 valence electrons. The fourth-order valence-corrected chi connectivity index (χ4v) is 7.79. The van der Waals surface area contributed by atoms with E-state index in [0.717, 1.165) is 61.0 Å². The van der Waals surface area contributed by atoms with Gasteiger partial charge in [-0.3, -0.25) is 5.32 Å². The minimum atomic E-state index is -0.359. The Morgan fingerprint density at radius 3 is 2.21 bits per heavy atom. The molecule has 0 saturated heterocycles. The summed E-state index contributed by atoms with van der Waals surface area (Å²) in [4.78, 5) is 5.36. The molecule has 6 heteroatoms. The van der Waals surface area contributed by atoms with E-state index >= 15 is 0 Å². The quantitative estimate of drug-likeness (QED) is 0.182. The second-order valence-electron chi connectivity index (χ2n) is 12.5. The van der Waals surface area contributed by atoms with Crippen molar-refractivity contribution in [1.82, 2.24) is 10.6 Å². The maximum Gasteiger partial charge on any atom is 0.199 e. The van der Waals surface area contributed by atoms with Gasteiger partial charge in [0.2, 0.25) is 0 Å². The summed E-state index contributed by atoms with van der Waals surface area (Å²) in [7, 11) is 0. The third kappa shape index (κ3) is 3.87. The van der Waals surface area contributed by atoms with Gasteiger partial charge in [-0.05, 0) is 69.8 Å². The molecule has 10 rings (SSSR count). The standard InChI is InChI=1S/C42H30N4O2/c1-2-25(38-30-13-4-6-18-34(30)48-39(38)43)41-44-40(24-20-21-26-27-14-7-10-23-11-8-15-28(36(23)27)32(26)22-24)45-42(46-41)31-16-9-19-35-37(31)29-12-3-5-17-33(29)47-35/h2-22,40,42,45H,43H2,1H3,(H,44,46)/b25-2+. The Hall–Kier alpha value is -6.11. The molecule has 2 unspecified atom stereocenters. The lowest BCUT2D eigenvalue weighted by Gasteiger charge is -2.33. The summed E-state index contributed by atoms with van der Waals surface area (Å²) in [6.45, 7) is 2.02. The number of anilines is 1. The lowest BCUT2D eigenvalue weighted by atomic mass is 9.97. The van der Waals surface area contributed by atoms with Crippen LogP contribution in [0.5, 0.6) is 0 Å². The van der Waals surface area contributed by atoms with Crippen molar-refractivity contribution in [2.45, 2.75) is 19.3 Å². The highest BCUT2D eigenvalue weighted by Gasteiger charge is 2.31. The van der Waals surface area contributed by atoms with Crippen LogP contribution in [0.2, 0.25) is 0 Å².